The van der Waals surface area contributed by atoms with Crippen LogP contribution in [0.3, 0.4) is 0 Å². The highest BCUT2D eigenvalue weighted by molar-refractivity contribution is 6.00. The van der Waals surface area contributed by atoms with Crippen molar-refractivity contribution in [2.45, 2.75) is 26.4 Å². The van der Waals surface area contributed by atoms with E-state index in [4.69, 9.17) is 4.74 Å². The number of hydrogen-bond acceptors (Lipinski definition) is 4. The van der Waals surface area contributed by atoms with Gasteiger partial charge in [0.2, 0.25) is 0 Å². The van der Waals surface area contributed by atoms with E-state index >= 15 is 0 Å². The first kappa shape index (κ1) is 16.0. The molecule has 1 N–H and O–H groups in total. The Balaban J connectivity index is 1.75. The number of hydrogen-bond donors (Lipinski definition) is 1. The number of benzene rings is 1. The van der Waals surface area contributed by atoms with Crippen molar-refractivity contribution >= 4 is 17.6 Å². The van der Waals surface area contributed by atoms with E-state index in [-0.39, 0.29) is 11.5 Å². The van der Waals surface area contributed by atoms with Crippen LogP contribution in [0.1, 0.15) is 28.4 Å². The molecule has 24 heavy (non-hydrogen) atoms. The molecule has 1 aliphatic heterocycles. The Labute approximate surface area is 139 Å². The largest absolute Gasteiger partial charge is 0.449 e. The minimum Gasteiger partial charge on any atom is -0.449 e. The lowest BCUT2D eigenvalue weighted by molar-refractivity contribution is -0.126. The third kappa shape index (κ3) is 2.82. The summed E-state index contributed by atoms with van der Waals surface area (Å²) < 4.78 is 5.21. The van der Waals surface area contributed by atoms with Gasteiger partial charge in [0.1, 0.15) is 5.56 Å². The number of aromatic nitrogens is 1. The van der Waals surface area contributed by atoms with E-state index in [9.17, 15) is 14.4 Å². The molecule has 0 fully saturated rings. The highest BCUT2D eigenvalue weighted by Crippen LogP contribution is 2.28. The minimum absolute atomic E-state index is 0.100. The number of anilines is 1. The van der Waals surface area contributed by atoms with Crippen molar-refractivity contribution in [1.82, 2.24) is 4.98 Å². The van der Waals surface area contributed by atoms with Crippen LogP contribution in [0.4, 0.5) is 5.69 Å². The maximum absolute atomic E-state index is 12.6. The Hall–Kier alpha value is -2.89. The number of H-pyrrole nitrogens is 1. The zero-order valence-electron chi connectivity index (χ0n) is 13.5. The fraction of sp³-hybridized carbons (Fsp3) is 0.278. The first-order valence-electron chi connectivity index (χ1n) is 7.77. The summed E-state index contributed by atoms with van der Waals surface area (Å²) in [6.45, 7) is 3.68. The normalized spacial score (nSPS) is 14.2. The third-order valence-corrected chi connectivity index (χ3v) is 4.13. The van der Waals surface area contributed by atoms with E-state index in [2.05, 4.69) is 4.98 Å². The maximum atomic E-state index is 12.6. The van der Waals surface area contributed by atoms with Crippen molar-refractivity contribution in [2.24, 2.45) is 0 Å². The molecule has 124 valence electrons. The lowest BCUT2D eigenvalue weighted by Crippen LogP contribution is -2.39. The number of rotatable bonds is 3. The topological polar surface area (TPSA) is 79.5 Å². The Morgan fingerprint density at radius 1 is 1.25 bits per heavy atom. The molecule has 2 heterocycles. The zero-order chi connectivity index (χ0) is 17.3. The Kier molecular flexibility index (Phi) is 4.20. The summed E-state index contributed by atoms with van der Waals surface area (Å²) in [6, 6.07) is 7.65. The summed E-state index contributed by atoms with van der Waals surface area (Å²) in [6.07, 6.45) is 2.61. The Bertz CT molecular complexity index is 856. The summed E-state index contributed by atoms with van der Waals surface area (Å²) in [5, 5.41) is 0. The number of para-hydroxylation sites is 1. The van der Waals surface area contributed by atoms with Gasteiger partial charge in [-0.05, 0) is 31.9 Å². The van der Waals surface area contributed by atoms with E-state index in [0.717, 1.165) is 17.7 Å². The van der Waals surface area contributed by atoms with Gasteiger partial charge in [0, 0.05) is 30.2 Å². The number of esters is 1. The van der Waals surface area contributed by atoms with E-state index in [0.29, 0.717) is 12.1 Å². The second-order valence-corrected chi connectivity index (χ2v) is 5.80. The average molecular weight is 326 g/mol. The number of aromatic amines is 1. The molecule has 6 nitrogen and oxygen atoms in total. The van der Waals surface area contributed by atoms with Crippen LogP contribution in [0, 0.1) is 6.92 Å². The van der Waals surface area contributed by atoms with E-state index in [1.807, 2.05) is 24.3 Å². The molecule has 1 amide bonds. The van der Waals surface area contributed by atoms with Crippen LogP contribution in [0.2, 0.25) is 0 Å². The predicted molar refractivity (Wildman–Crippen MR) is 89.2 cm³/mol. The molecule has 0 saturated heterocycles. The number of ether oxygens (including phenoxy) is 1. The summed E-state index contributed by atoms with van der Waals surface area (Å²) in [5.74, 6) is -1.09. The van der Waals surface area contributed by atoms with Crippen LogP contribution < -0.4 is 10.3 Å². The number of pyridine rings is 1. The smallest absolute Gasteiger partial charge is 0.344 e. The number of carbonyl (C=O) groups is 2. The Morgan fingerprint density at radius 2 is 2.00 bits per heavy atom. The van der Waals surface area contributed by atoms with Crippen molar-refractivity contribution in [3.8, 4) is 0 Å². The van der Waals surface area contributed by atoms with Crippen molar-refractivity contribution in [3.05, 3.63) is 63.6 Å². The molecule has 1 aromatic heterocycles. The molecule has 1 unspecified atom stereocenters. The van der Waals surface area contributed by atoms with E-state index in [1.54, 1.807) is 11.8 Å². The second-order valence-electron chi connectivity index (χ2n) is 5.80. The zero-order valence-corrected chi connectivity index (χ0v) is 13.5. The maximum Gasteiger partial charge on any atom is 0.344 e. The number of carbonyl (C=O) groups excluding carboxylic acids is 2. The standard InChI is InChI=1S/C18H18N2O4/c1-11-9-19-10-14(16(11)21)18(23)24-12(2)17(22)20-8-7-13-5-3-4-6-15(13)20/h3-6,9-10,12H,7-8H2,1-2H3,(H,19,21). The van der Waals surface area contributed by atoms with E-state index < -0.39 is 17.5 Å². The minimum atomic E-state index is -0.969. The summed E-state index contributed by atoms with van der Waals surface area (Å²) in [5.41, 5.74) is 1.86. The summed E-state index contributed by atoms with van der Waals surface area (Å²) >= 11 is 0. The van der Waals surface area contributed by atoms with Gasteiger partial charge >= 0.3 is 5.97 Å². The van der Waals surface area contributed by atoms with Gasteiger partial charge in [0.15, 0.2) is 11.5 Å². The summed E-state index contributed by atoms with van der Waals surface area (Å²) in [7, 11) is 0. The quantitative estimate of drug-likeness (QED) is 0.873. The summed E-state index contributed by atoms with van der Waals surface area (Å²) in [4.78, 5) is 41.1. The van der Waals surface area contributed by atoms with Crippen LogP contribution in [0.5, 0.6) is 0 Å². The molecule has 0 bridgehead atoms. The first-order valence-corrected chi connectivity index (χ1v) is 7.77. The molecule has 1 aromatic carbocycles. The average Bonchev–Trinajstić information content (AvgIpc) is 3.00. The Morgan fingerprint density at radius 3 is 2.79 bits per heavy atom. The fourth-order valence-electron chi connectivity index (χ4n) is 2.81. The molecule has 2 aromatic rings. The van der Waals surface area contributed by atoms with Gasteiger partial charge < -0.3 is 14.6 Å². The van der Waals surface area contributed by atoms with Gasteiger partial charge in [-0.2, -0.15) is 0 Å². The van der Waals surface area contributed by atoms with E-state index in [1.165, 1.54) is 19.3 Å². The first-order chi connectivity index (χ1) is 11.5. The number of aryl methyl sites for hydroxylation is 1. The van der Waals surface area contributed by atoms with Gasteiger partial charge in [-0.15, -0.1) is 0 Å². The molecular weight excluding hydrogens is 308 g/mol. The van der Waals surface area contributed by atoms with Crippen molar-refractivity contribution < 1.29 is 14.3 Å². The lowest BCUT2D eigenvalue weighted by Gasteiger charge is -2.21. The third-order valence-electron chi connectivity index (χ3n) is 4.13. The van der Waals surface area contributed by atoms with Gasteiger partial charge in [0.25, 0.3) is 5.91 Å². The molecule has 0 spiro atoms. The molecular formula is C18H18N2O4. The highest BCUT2D eigenvalue weighted by Gasteiger charge is 2.30. The highest BCUT2D eigenvalue weighted by atomic mass is 16.5. The van der Waals surface area contributed by atoms with Crippen LogP contribution in [-0.4, -0.2) is 29.5 Å². The molecule has 0 aliphatic carbocycles. The number of nitrogens with one attached hydrogen (secondary N) is 1. The number of fused-ring (bicyclic) bond motifs is 1. The lowest BCUT2D eigenvalue weighted by atomic mass is 10.2. The molecule has 6 heteroatoms. The second kappa shape index (κ2) is 6.31. The molecule has 1 atom stereocenters. The number of nitrogens with zero attached hydrogens (tertiary/aromatic N) is 1. The molecule has 0 radical (unpaired) electrons. The monoisotopic (exact) mass is 326 g/mol. The van der Waals surface area contributed by atoms with Gasteiger partial charge in [-0.25, -0.2) is 4.79 Å². The van der Waals surface area contributed by atoms with Crippen molar-refractivity contribution in [3.63, 3.8) is 0 Å². The fourth-order valence-corrected chi connectivity index (χ4v) is 2.81. The molecule has 1 aliphatic rings. The van der Waals surface area contributed by atoms with Crippen molar-refractivity contribution in [1.29, 1.82) is 0 Å². The van der Waals surface area contributed by atoms with Crippen LogP contribution >= 0.6 is 0 Å². The van der Waals surface area contributed by atoms with Crippen LogP contribution in [0.15, 0.2) is 41.5 Å². The molecule has 3 rings (SSSR count). The van der Waals surface area contributed by atoms with Crippen molar-refractivity contribution in [2.75, 3.05) is 11.4 Å². The van der Waals surface area contributed by atoms with Crippen LogP contribution in [-0.2, 0) is 16.0 Å². The molecule has 0 saturated carbocycles. The van der Waals surface area contributed by atoms with Gasteiger partial charge in [-0.1, -0.05) is 18.2 Å². The van der Waals surface area contributed by atoms with Gasteiger partial charge in [-0.3, -0.25) is 9.59 Å². The number of amides is 1. The SMILES string of the molecule is Cc1c[nH]cc(C(=O)OC(C)C(=O)N2CCc3ccccc32)c1=O. The van der Waals surface area contributed by atoms with Crippen LogP contribution in [0.25, 0.3) is 0 Å². The predicted octanol–water partition coefficient (Wildman–Crippen LogP) is 1.82. The van der Waals surface area contributed by atoms with Gasteiger partial charge in [0.05, 0.1) is 0 Å².